The maximum Gasteiger partial charge on any atom is 0.0900 e. The van der Waals surface area contributed by atoms with Gasteiger partial charge in [0.05, 0.1) is 12.1 Å². The number of nitrogens with zero attached hydrogens (tertiary/aromatic N) is 1. The molecule has 0 amide bonds. The first-order chi connectivity index (χ1) is 3.79. The van der Waals surface area contributed by atoms with Crippen molar-refractivity contribution in [2.24, 2.45) is 4.40 Å². The van der Waals surface area contributed by atoms with Crippen molar-refractivity contribution in [3.63, 3.8) is 0 Å². The largest absolute Gasteiger partial charge is 0.315 e. The first-order valence-corrected chi connectivity index (χ1v) is 3.21. The fourth-order valence-electron chi connectivity index (χ4n) is 0.536. The van der Waals surface area contributed by atoms with E-state index < -0.39 is 0 Å². The van der Waals surface area contributed by atoms with Crippen LogP contribution in [0.1, 0.15) is 13.8 Å². The molecule has 0 aliphatic carbocycles. The van der Waals surface area contributed by atoms with Crippen LogP contribution in [-0.2, 0) is 0 Å². The molecule has 0 fully saturated rings. The predicted octanol–water partition coefficient (Wildman–Crippen LogP) is 1.52. The van der Waals surface area contributed by atoms with E-state index in [-0.39, 0.29) is 0 Å². The molecule has 0 bridgehead atoms. The Labute approximate surface area is 53.3 Å². The molecule has 8 heavy (non-hydrogen) atoms. The van der Waals surface area contributed by atoms with E-state index in [9.17, 15) is 0 Å². The topological polar surface area (TPSA) is 24.4 Å². The van der Waals surface area contributed by atoms with Crippen LogP contribution in [0.25, 0.3) is 0 Å². The van der Waals surface area contributed by atoms with Gasteiger partial charge in [0.25, 0.3) is 0 Å². The van der Waals surface area contributed by atoms with Crippen LogP contribution in [-0.4, -0.2) is 5.71 Å². The third-order valence-corrected chi connectivity index (χ3v) is 1.61. The molecule has 0 saturated heterocycles. The molecule has 0 aromatic carbocycles. The van der Waals surface area contributed by atoms with Gasteiger partial charge in [-0.15, -0.1) is 0 Å². The zero-order valence-electron chi connectivity index (χ0n) is 4.93. The van der Waals surface area contributed by atoms with Gasteiger partial charge in [0.2, 0.25) is 0 Å². The summed E-state index contributed by atoms with van der Waals surface area (Å²) in [5, 5.41) is 0. The van der Waals surface area contributed by atoms with Crippen molar-refractivity contribution in [1.82, 2.24) is 4.72 Å². The lowest BCUT2D eigenvalue weighted by Gasteiger charge is -2.05. The second-order valence-electron chi connectivity index (χ2n) is 1.75. The van der Waals surface area contributed by atoms with Gasteiger partial charge in [0, 0.05) is 11.4 Å². The fourth-order valence-corrected chi connectivity index (χ4v) is 0.981. The van der Waals surface area contributed by atoms with E-state index in [2.05, 4.69) is 9.12 Å². The van der Waals surface area contributed by atoms with Crippen molar-refractivity contribution in [2.75, 3.05) is 0 Å². The van der Waals surface area contributed by atoms with Crippen LogP contribution in [0.3, 0.4) is 0 Å². The molecular weight excluding hydrogens is 120 g/mol. The Morgan fingerprint density at radius 2 is 2.38 bits per heavy atom. The number of hydrogen-bond donors (Lipinski definition) is 1. The van der Waals surface area contributed by atoms with Crippen LogP contribution < -0.4 is 4.72 Å². The molecule has 1 N–H and O–H groups in total. The van der Waals surface area contributed by atoms with E-state index in [0.717, 1.165) is 5.71 Å². The standard InChI is InChI=1S/C5H8N2S/c1-4-3-5(2)7-8-6-4/h3,6H,1-2H3. The van der Waals surface area contributed by atoms with Gasteiger partial charge in [-0.25, -0.2) is 4.40 Å². The molecule has 0 radical (unpaired) electrons. The molecule has 0 atom stereocenters. The van der Waals surface area contributed by atoms with Gasteiger partial charge < -0.3 is 4.72 Å². The van der Waals surface area contributed by atoms with Crippen LogP contribution in [0.5, 0.6) is 0 Å². The summed E-state index contributed by atoms with van der Waals surface area (Å²) >= 11 is 1.38. The van der Waals surface area contributed by atoms with Gasteiger partial charge in [0.15, 0.2) is 0 Å². The van der Waals surface area contributed by atoms with Gasteiger partial charge in [-0.3, -0.25) is 0 Å². The van der Waals surface area contributed by atoms with Crippen molar-refractivity contribution >= 4 is 17.8 Å². The van der Waals surface area contributed by atoms with Crippen LogP contribution in [0, 0.1) is 0 Å². The highest BCUT2D eigenvalue weighted by Crippen LogP contribution is 2.07. The van der Waals surface area contributed by atoms with Crippen molar-refractivity contribution < 1.29 is 0 Å². The monoisotopic (exact) mass is 128 g/mol. The molecule has 0 aromatic heterocycles. The molecule has 1 rings (SSSR count). The Balaban J connectivity index is 2.69. The Morgan fingerprint density at radius 1 is 1.62 bits per heavy atom. The van der Waals surface area contributed by atoms with E-state index in [1.807, 2.05) is 19.9 Å². The van der Waals surface area contributed by atoms with E-state index in [4.69, 9.17) is 0 Å². The molecule has 1 aliphatic heterocycles. The summed E-state index contributed by atoms with van der Waals surface area (Å²) in [6.07, 6.45) is 2.01. The van der Waals surface area contributed by atoms with Crippen LogP contribution in [0.2, 0.25) is 0 Å². The number of hydrogen-bond acceptors (Lipinski definition) is 3. The first kappa shape index (κ1) is 5.69. The molecule has 1 aliphatic rings. The van der Waals surface area contributed by atoms with E-state index in [1.54, 1.807) is 0 Å². The lowest BCUT2D eigenvalue weighted by atomic mass is 10.3. The third-order valence-electron chi connectivity index (χ3n) is 0.822. The summed E-state index contributed by atoms with van der Waals surface area (Å²) < 4.78 is 7.03. The van der Waals surface area contributed by atoms with Gasteiger partial charge in [0.1, 0.15) is 0 Å². The minimum absolute atomic E-state index is 1.08. The summed E-state index contributed by atoms with van der Waals surface area (Å²) in [5.74, 6) is 0. The van der Waals surface area contributed by atoms with E-state index in [1.165, 1.54) is 17.8 Å². The molecule has 0 spiro atoms. The predicted molar refractivity (Wildman–Crippen MR) is 37.6 cm³/mol. The summed E-state index contributed by atoms with van der Waals surface area (Å²) in [6, 6.07) is 0. The highest BCUT2D eigenvalue weighted by atomic mass is 32.2. The highest BCUT2D eigenvalue weighted by Gasteiger charge is 1.95. The smallest absolute Gasteiger partial charge is 0.0900 e. The van der Waals surface area contributed by atoms with Gasteiger partial charge in [-0.05, 0) is 19.9 Å². The highest BCUT2D eigenvalue weighted by molar-refractivity contribution is 7.96. The normalized spacial score (nSPS) is 18.8. The average Bonchev–Trinajstić information content (AvgIpc) is 1.64. The van der Waals surface area contributed by atoms with Gasteiger partial charge in [-0.1, -0.05) is 0 Å². The summed E-state index contributed by atoms with van der Waals surface area (Å²) in [7, 11) is 0. The van der Waals surface area contributed by atoms with Crippen LogP contribution in [0.4, 0.5) is 0 Å². The second kappa shape index (κ2) is 2.22. The summed E-state index contributed by atoms with van der Waals surface area (Å²) in [6.45, 7) is 4.00. The number of allylic oxidation sites excluding steroid dienone is 2. The quantitative estimate of drug-likeness (QED) is 0.500. The SMILES string of the molecule is CC1=CC(C)=NSN1. The summed E-state index contributed by atoms with van der Waals surface area (Å²) in [4.78, 5) is 0. The minimum Gasteiger partial charge on any atom is -0.315 e. The van der Waals surface area contributed by atoms with Gasteiger partial charge >= 0.3 is 0 Å². The zero-order valence-corrected chi connectivity index (χ0v) is 5.75. The molecule has 44 valence electrons. The molecule has 3 heteroatoms. The Kier molecular flexibility index (Phi) is 1.58. The third kappa shape index (κ3) is 1.26. The van der Waals surface area contributed by atoms with E-state index >= 15 is 0 Å². The summed E-state index contributed by atoms with van der Waals surface area (Å²) in [5.41, 5.74) is 2.24. The number of rotatable bonds is 0. The zero-order chi connectivity index (χ0) is 5.98. The lowest BCUT2D eigenvalue weighted by Crippen LogP contribution is -2.05. The van der Waals surface area contributed by atoms with Crippen molar-refractivity contribution in [1.29, 1.82) is 0 Å². The molecule has 2 nitrogen and oxygen atoms in total. The van der Waals surface area contributed by atoms with Crippen molar-refractivity contribution in [3.05, 3.63) is 11.8 Å². The molecule has 0 unspecified atom stereocenters. The molecule has 1 heterocycles. The average molecular weight is 128 g/mol. The van der Waals surface area contributed by atoms with E-state index in [0.29, 0.717) is 0 Å². The maximum atomic E-state index is 4.03. The minimum atomic E-state index is 1.08. The lowest BCUT2D eigenvalue weighted by molar-refractivity contribution is 1.20. The fraction of sp³-hybridized carbons (Fsp3) is 0.400. The Bertz CT molecular complexity index is 149. The Morgan fingerprint density at radius 3 is 2.75 bits per heavy atom. The van der Waals surface area contributed by atoms with Crippen molar-refractivity contribution in [2.45, 2.75) is 13.8 Å². The molecule has 0 saturated carbocycles. The van der Waals surface area contributed by atoms with Gasteiger partial charge in [-0.2, -0.15) is 0 Å². The van der Waals surface area contributed by atoms with Crippen LogP contribution in [0.15, 0.2) is 16.2 Å². The van der Waals surface area contributed by atoms with Crippen LogP contribution >= 0.6 is 12.1 Å². The number of nitrogens with one attached hydrogen (secondary N) is 1. The molecule has 0 aromatic rings. The Hall–Kier alpha value is -0.440. The second-order valence-corrected chi connectivity index (χ2v) is 2.32. The molecular formula is C5H8N2S. The maximum absolute atomic E-state index is 4.03. The van der Waals surface area contributed by atoms with Crippen molar-refractivity contribution in [3.8, 4) is 0 Å². The first-order valence-electron chi connectivity index (χ1n) is 2.44.